The van der Waals surface area contributed by atoms with Crippen molar-refractivity contribution in [3.63, 3.8) is 0 Å². The minimum absolute atomic E-state index is 0.336. The second-order valence-electron chi connectivity index (χ2n) is 3.75. The summed E-state index contributed by atoms with van der Waals surface area (Å²) in [5.74, 6) is 0.682. The van der Waals surface area contributed by atoms with E-state index in [0.29, 0.717) is 18.1 Å². The molecule has 2 atom stereocenters. The number of rotatable bonds is 2. The van der Waals surface area contributed by atoms with Gasteiger partial charge in [0.05, 0.1) is 0 Å². The molecule has 82 valence electrons. The van der Waals surface area contributed by atoms with Gasteiger partial charge in [-0.05, 0) is 25.3 Å². The van der Waals surface area contributed by atoms with Crippen LogP contribution in [0.2, 0.25) is 0 Å². The van der Waals surface area contributed by atoms with E-state index in [9.17, 15) is 4.39 Å². The average molecular weight is 211 g/mol. The maximum absolute atomic E-state index is 13.4. The van der Waals surface area contributed by atoms with Gasteiger partial charge in [-0.2, -0.15) is 0 Å². The first-order valence-corrected chi connectivity index (χ1v) is 5.15. The summed E-state index contributed by atoms with van der Waals surface area (Å²) < 4.78 is 18.8. The molecule has 2 N–H and O–H groups in total. The summed E-state index contributed by atoms with van der Waals surface area (Å²) in [6.45, 7) is 0. The Balaban J connectivity index is 1.98. The Hall–Kier alpha value is -1.39. The van der Waals surface area contributed by atoms with Crippen molar-refractivity contribution in [1.82, 2.24) is 10.2 Å². The largest absolute Gasteiger partial charge is 0.470 e. The van der Waals surface area contributed by atoms with E-state index >= 15 is 0 Å². The molecule has 1 aromatic rings. The molecule has 1 aromatic heterocycles. The quantitative estimate of drug-likeness (QED) is 0.809. The summed E-state index contributed by atoms with van der Waals surface area (Å²) in [6, 6.07) is 3.21. The lowest BCUT2D eigenvalue weighted by Gasteiger charge is -2.25. The molecule has 0 aromatic carbocycles. The van der Waals surface area contributed by atoms with Crippen LogP contribution in [0.25, 0.3) is 0 Å². The van der Waals surface area contributed by atoms with Crippen molar-refractivity contribution in [2.75, 3.05) is 5.73 Å². The van der Waals surface area contributed by atoms with Crippen LogP contribution < -0.4 is 10.5 Å². The highest BCUT2D eigenvalue weighted by atomic mass is 19.1. The molecule has 0 unspecified atom stereocenters. The van der Waals surface area contributed by atoms with E-state index in [-0.39, 0.29) is 6.10 Å². The molecule has 0 bridgehead atoms. The topological polar surface area (TPSA) is 61.0 Å². The van der Waals surface area contributed by atoms with Crippen LogP contribution in [0.15, 0.2) is 12.1 Å². The first-order valence-electron chi connectivity index (χ1n) is 5.15. The van der Waals surface area contributed by atoms with Crippen molar-refractivity contribution in [3.8, 4) is 5.88 Å². The number of ether oxygens (including phenoxy) is 1. The number of aromatic nitrogens is 2. The van der Waals surface area contributed by atoms with E-state index in [2.05, 4.69) is 10.2 Å². The minimum Gasteiger partial charge on any atom is -0.470 e. The second kappa shape index (κ2) is 4.42. The molecule has 1 aliphatic rings. The van der Waals surface area contributed by atoms with E-state index in [1.54, 1.807) is 12.1 Å². The van der Waals surface area contributed by atoms with Gasteiger partial charge < -0.3 is 10.5 Å². The summed E-state index contributed by atoms with van der Waals surface area (Å²) >= 11 is 0. The Morgan fingerprint density at radius 3 is 2.73 bits per heavy atom. The lowest BCUT2D eigenvalue weighted by Crippen LogP contribution is -2.32. The predicted octanol–water partition coefficient (Wildman–Crippen LogP) is 1.72. The van der Waals surface area contributed by atoms with Crippen LogP contribution in [0.4, 0.5) is 10.2 Å². The molecule has 1 heterocycles. The second-order valence-corrected chi connectivity index (χ2v) is 3.75. The fraction of sp³-hybridized carbons (Fsp3) is 0.600. The van der Waals surface area contributed by atoms with Gasteiger partial charge in [0, 0.05) is 6.07 Å². The number of hydrogen-bond donors (Lipinski definition) is 1. The zero-order chi connectivity index (χ0) is 10.7. The molecule has 0 amide bonds. The number of halogens is 1. The first-order chi connectivity index (χ1) is 7.25. The van der Waals surface area contributed by atoms with Crippen molar-refractivity contribution in [2.45, 2.75) is 38.0 Å². The number of nitrogens with zero attached hydrogens (tertiary/aromatic N) is 2. The highest BCUT2D eigenvalue weighted by Gasteiger charge is 2.26. The van der Waals surface area contributed by atoms with Crippen molar-refractivity contribution in [3.05, 3.63) is 12.1 Å². The van der Waals surface area contributed by atoms with Gasteiger partial charge in [-0.3, -0.25) is 0 Å². The molecule has 2 rings (SSSR count). The Bertz CT molecular complexity index is 317. The zero-order valence-corrected chi connectivity index (χ0v) is 8.40. The van der Waals surface area contributed by atoms with Crippen LogP contribution >= 0.6 is 0 Å². The third-order valence-electron chi connectivity index (χ3n) is 2.55. The predicted molar refractivity (Wildman–Crippen MR) is 54.2 cm³/mol. The van der Waals surface area contributed by atoms with Crippen molar-refractivity contribution in [1.29, 1.82) is 0 Å². The third kappa shape index (κ3) is 2.55. The molecule has 15 heavy (non-hydrogen) atoms. The standard InChI is InChI=1S/C10H14FN3O/c11-7-3-1-2-4-8(7)15-10-6-5-9(12)13-14-10/h5-8H,1-4H2,(H2,12,13)/t7-,8-/m0/s1. The smallest absolute Gasteiger partial charge is 0.233 e. The van der Waals surface area contributed by atoms with Gasteiger partial charge in [-0.1, -0.05) is 6.42 Å². The average Bonchev–Trinajstić information content (AvgIpc) is 2.25. The van der Waals surface area contributed by atoms with Crippen LogP contribution in [-0.4, -0.2) is 22.5 Å². The summed E-state index contributed by atoms with van der Waals surface area (Å²) in [5, 5.41) is 7.39. The minimum atomic E-state index is -0.891. The molecule has 0 radical (unpaired) electrons. The maximum atomic E-state index is 13.4. The van der Waals surface area contributed by atoms with E-state index in [1.165, 1.54) is 0 Å². The van der Waals surface area contributed by atoms with Gasteiger partial charge >= 0.3 is 0 Å². The van der Waals surface area contributed by atoms with Crippen LogP contribution in [0.5, 0.6) is 5.88 Å². The Morgan fingerprint density at radius 1 is 1.27 bits per heavy atom. The van der Waals surface area contributed by atoms with Gasteiger partial charge in [0.2, 0.25) is 5.88 Å². The lowest BCUT2D eigenvalue weighted by molar-refractivity contribution is 0.0594. The normalized spacial score (nSPS) is 26.2. The number of alkyl halides is 1. The van der Waals surface area contributed by atoms with Gasteiger partial charge in [0.1, 0.15) is 18.1 Å². The third-order valence-corrected chi connectivity index (χ3v) is 2.55. The number of hydrogen-bond acceptors (Lipinski definition) is 4. The van der Waals surface area contributed by atoms with Crippen molar-refractivity contribution < 1.29 is 9.13 Å². The highest BCUT2D eigenvalue weighted by molar-refractivity contribution is 5.27. The molecule has 0 saturated heterocycles. The Kier molecular flexibility index (Phi) is 2.99. The highest BCUT2D eigenvalue weighted by Crippen LogP contribution is 2.24. The fourth-order valence-electron chi connectivity index (χ4n) is 1.73. The van der Waals surface area contributed by atoms with E-state index in [1.807, 2.05) is 0 Å². The summed E-state index contributed by atoms with van der Waals surface area (Å²) in [4.78, 5) is 0. The van der Waals surface area contributed by atoms with Gasteiger partial charge in [-0.25, -0.2) is 4.39 Å². The van der Waals surface area contributed by atoms with E-state index in [0.717, 1.165) is 19.3 Å². The van der Waals surface area contributed by atoms with Crippen LogP contribution in [0.3, 0.4) is 0 Å². The molecule has 1 fully saturated rings. The van der Waals surface area contributed by atoms with Gasteiger partial charge in [-0.15, -0.1) is 10.2 Å². The molecule has 0 aliphatic heterocycles. The van der Waals surface area contributed by atoms with Crippen LogP contribution in [0.1, 0.15) is 25.7 Å². The van der Waals surface area contributed by atoms with Crippen molar-refractivity contribution >= 4 is 5.82 Å². The van der Waals surface area contributed by atoms with E-state index in [4.69, 9.17) is 10.5 Å². The van der Waals surface area contributed by atoms with Crippen LogP contribution in [0, 0.1) is 0 Å². The monoisotopic (exact) mass is 211 g/mol. The molecular formula is C10H14FN3O. The Labute approximate surface area is 87.6 Å². The zero-order valence-electron chi connectivity index (χ0n) is 8.40. The van der Waals surface area contributed by atoms with E-state index < -0.39 is 6.17 Å². The lowest BCUT2D eigenvalue weighted by atomic mass is 9.96. The number of nitrogen functional groups attached to an aromatic ring is 1. The molecule has 1 saturated carbocycles. The molecule has 5 heteroatoms. The molecule has 4 nitrogen and oxygen atoms in total. The van der Waals surface area contributed by atoms with Gasteiger partial charge in [0.15, 0.2) is 0 Å². The maximum Gasteiger partial charge on any atom is 0.233 e. The SMILES string of the molecule is Nc1ccc(O[C@H]2CCCC[C@@H]2F)nn1. The summed E-state index contributed by atoms with van der Waals surface area (Å²) in [7, 11) is 0. The Morgan fingerprint density at radius 2 is 2.07 bits per heavy atom. The number of anilines is 1. The molecular weight excluding hydrogens is 197 g/mol. The fourth-order valence-corrected chi connectivity index (χ4v) is 1.73. The van der Waals surface area contributed by atoms with Crippen molar-refractivity contribution in [2.24, 2.45) is 0 Å². The van der Waals surface area contributed by atoms with Crippen LogP contribution in [-0.2, 0) is 0 Å². The molecule has 0 spiro atoms. The summed E-state index contributed by atoms with van der Waals surface area (Å²) in [6.07, 6.45) is 2.00. The number of nitrogens with two attached hydrogens (primary N) is 1. The first kappa shape index (κ1) is 10.1. The summed E-state index contributed by atoms with van der Waals surface area (Å²) in [5.41, 5.74) is 5.38. The molecule has 1 aliphatic carbocycles. The van der Waals surface area contributed by atoms with Gasteiger partial charge in [0.25, 0.3) is 0 Å².